The lowest BCUT2D eigenvalue weighted by Crippen LogP contribution is -2.63. The van der Waals surface area contributed by atoms with Crippen LogP contribution in [-0.4, -0.2) is 33.5 Å². The van der Waals surface area contributed by atoms with Gasteiger partial charge in [-0.2, -0.15) is 13.2 Å². The molecule has 0 bridgehead atoms. The topological polar surface area (TPSA) is 59.2 Å². The van der Waals surface area contributed by atoms with Crippen molar-refractivity contribution in [2.75, 3.05) is 0 Å². The Morgan fingerprint density at radius 3 is 2.45 bits per heavy atom. The molecule has 0 radical (unpaired) electrons. The first kappa shape index (κ1) is 16.4. The Hall–Kier alpha value is -1.63. The monoisotopic (exact) mass is 289 g/mol. The highest BCUT2D eigenvalue weighted by Gasteiger charge is 2.55. The third-order valence-electron chi connectivity index (χ3n) is 2.99. The molecule has 1 unspecified atom stereocenters. The van der Waals surface area contributed by atoms with E-state index in [1.165, 1.54) is 6.20 Å². The second kappa shape index (κ2) is 5.78. The van der Waals surface area contributed by atoms with Gasteiger partial charge >= 0.3 is 6.18 Å². The summed E-state index contributed by atoms with van der Waals surface area (Å²) in [5, 5.41) is 0. The van der Waals surface area contributed by atoms with Crippen LogP contribution >= 0.6 is 0 Å². The van der Waals surface area contributed by atoms with Gasteiger partial charge in [0.25, 0.3) is 5.91 Å². The molecule has 2 N–H and O–H groups in total. The van der Waals surface area contributed by atoms with Crippen molar-refractivity contribution < 1.29 is 18.0 Å². The number of hydrogen-bond acceptors (Lipinski definition) is 3. The summed E-state index contributed by atoms with van der Waals surface area (Å²) in [6.45, 7) is 4.00. The lowest BCUT2D eigenvalue weighted by atomic mass is 10.00. The molecule has 112 valence electrons. The van der Waals surface area contributed by atoms with Crippen LogP contribution in [0.2, 0.25) is 0 Å². The van der Waals surface area contributed by atoms with E-state index in [9.17, 15) is 18.0 Å². The Balaban J connectivity index is 3.01. The molecule has 0 spiro atoms. The molecule has 1 aromatic heterocycles. The molecule has 0 fully saturated rings. The van der Waals surface area contributed by atoms with Gasteiger partial charge in [-0.25, -0.2) is 0 Å². The summed E-state index contributed by atoms with van der Waals surface area (Å²) in [6, 6.07) is 2.94. The molecule has 1 heterocycles. The highest BCUT2D eigenvalue weighted by atomic mass is 19.4. The molecule has 1 aromatic rings. The number of hydrogen-bond donors (Lipinski definition) is 1. The quantitative estimate of drug-likeness (QED) is 0.923. The molecule has 7 heteroatoms. The van der Waals surface area contributed by atoms with Crippen LogP contribution in [0.25, 0.3) is 0 Å². The Morgan fingerprint density at radius 1 is 1.45 bits per heavy atom. The van der Waals surface area contributed by atoms with E-state index in [1.807, 2.05) is 0 Å². The van der Waals surface area contributed by atoms with E-state index in [0.29, 0.717) is 12.5 Å². The summed E-state index contributed by atoms with van der Waals surface area (Å²) >= 11 is 0. The highest BCUT2D eigenvalue weighted by Crippen LogP contribution is 2.30. The van der Waals surface area contributed by atoms with Gasteiger partial charge in [-0.15, -0.1) is 0 Å². The second-order valence-corrected chi connectivity index (χ2v) is 5.09. The van der Waals surface area contributed by atoms with Crippen LogP contribution in [0.15, 0.2) is 24.5 Å². The zero-order valence-corrected chi connectivity index (χ0v) is 11.6. The van der Waals surface area contributed by atoms with Crippen LogP contribution in [0.4, 0.5) is 13.2 Å². The van der Waals surface area contributed by atoms with Gasteiger partial charge in [0.15, 0.2) is 5.54 Å². The number of pyridine rings is 1. The molecular formula is C13H18F3N3O. The zero-order chi connectivity index (χ0) is 15.6. The molecule has 20 heavy (non-hydrogen) atoms. The molecule has 0 aliphatic rings. The van der Waals surface area contributed by atoms with Gasteiger partial charge in [-0.3, -0.25) is 9.78 Å². The normalized spacial score (nSPS) is 15.0. The average Bonchev–Trinajstić information content (AvgIpc) is 2.34. The van der Waals surface area contributed by atoms with Crippen molar-refractivity contribution in [2.45, 2.75) is 45.1 Å². The van der Waals surface area contributed by atoms with Crippen LogP contribution in [0.5, 0.6) is 0 Å². The SMILES string of the molecule is CC(C)N(Cc1cccnc1)C(=O)C(C)(N)C(F)(F)F. The van der Waals surface area contributed by atoms with Crippen molar-refractivity contribution in [1.29, 1.82) is 0 Å². The van der Waals surface area contributed by atoms with E-state index in [1.54, 1.807) is 32.2 Å². The standard InChI is InChI=1S/C13H18F3N3O/c1-9(2)19(8-10-5-4-6-18-7-10)11(20)12(3,17)13(14,15)16/h4-7,9H,8,17H2,1-3H3. The molecule has 0 saturated carbocycles. The van der Waals surface area contributed by atoms with Crippen molar-refractivity contribution in [3.05, 3.63) is 30.1 Å². The number of alkyl halides is 3. The van der Waals surface area contributed by atoms with Crippen LogP contribution < -0.4 is 5.73 Å². The summed E-state index contributed by atoms with van der Waals surface area (Å²) in [5.74, 6) is -1.15. The maximum atomic E-state index is 12.9. The lowest BCUT2D eigenvalue weighted by Gasteiger charge is -2.35. The smallest absolute Gasteiger partial charge is 0.334 e. The van der Waals surface area contributed by atoms with Crippen molar-refractivity contribution in [2.24, 2.45) is 5.73 Å². The zero-order valence-electron chi connectivity index (χ0n) is 11.6. The van der Waals surface area contributed by atoms with E-state index in [4.69, 9.17) is 5.73 Å². The summed E-state index contributed by atoms with van der Waals surface area (Å²) in [5.41, 5.74) is 2.94. The number of nitrogens with zero attached hydrogens (tertiary/aromatic N) is 2. The summed E-state index contributed by atoms with van der Waals surface area (Å²) < 4.78 is 38.6. The van der Waals surface area contributed by atoms with Gasteiger partial charge in [-0.1, -0.05) is 6.07 Å². The van der Waals surface area contributed by atoms with Crippen molar-refractivity contribution in [3.63, 3.8) is 0 Å². The van der Waals surface area contributed by atoms with E-state index in [-0.39, 0.29) is 6.54 Å². The fourth-order valence-corrected chi connectivity index (χ4v) is 1.60. The summed E-state index contributed by atoms with van der Waals surface area (Å²) in [4.78, 5) is 17.1. The fraction of sp³-hybridized carbons (Fsp3) is 0.538. The number of amides is 1. The summed E-state index contributed by atoms with van der Waals surface area (Å²) in [6.07, 6.45) is -1.75. The molecule has 0 aliphatic heterocycles. The van der Waals surface area contributed by atoms with Crippen LogP contribution in [0.1, 0.15) is 26.3 Å². The minimum Gasteiger partial charge on any atom is -0.334 e. The Morgan fingerprint density at radius 2 is 2.05 bits per heavy atom. The first-order valence-electron chi connectivity index (χ1n) is 6.13. The Bertz CT molecular complexity index is 458. The molecule has 0 aromatic carbocycles. The number of aromatic nitrogens is 1. The van der Waals surface area contributed by atoms with Crippen LogP contribution in [-0.2, 0) is 11.3 Å². The number of rotatable bonds is 4. The van der Waals surface area contributed by atoms with E-state index >= 15 is 0 Å². The van der Waals surface area contributed by atoms with E-state index in [0.717, 1.165) is 4.90 Å². The molecule has 1 rings (SSSR count). The number of carbonyl (C=O) groups is 1. The van der Waals surface area contributed by atoms with Crippen molar-refractivity contribution in [3.8, 4) is 0 Å². The molecular weight excluding hydrogens is 271 g/mol. The first-order chi connectivity index (χ1) is 9.07. The molecule has 1 atom stereocenters. The number of halogens is 3. The number of nitrogens with two attached hydrogens (primary N) is 1. The van der Waals surface area contributed by atoms with Gasteiger partial charge in [0.2, 0.25) is 0 Å². The van der Waals surface area contributed by atoms with E-state index in [2.05, 4.69) is 4.98 Å². The maximum absolute atomic E-state index is 12.9. The fourth-order valence-electron chi connectivity index (χ4n) is 1.60. The van der Waals surface area contributed by atoms with Crippen LogP contribution in [0.3, 0.4) is 0 Å². The molecule has 1 amide bonds. The average molecular weight is 289 g/mol. The van der Waals surface area contributed by atoms with Crippen LogP contribution in [0, 0.1) is 0 Å². The van der Waals surface area contributed by atoms with Crippen molar-refractivity contribution in [1.82, 2.24) is 9.88 Å². The molecule has 0 saturated heterocycles. The maximum Gasteiger partial charge on any atom is 0.415 e. The van der Waals surface area contributed by atoms with E-state index < -0.39 is 23.7 Å². The lowest BCUT2D eigenvalue weighted by molar-refractivity contribution is -0.195. The second-order valence-electron chi connectivity index (χ2n) is 5.09. The number of carbonyl (C=O) groups excluding carboxylic acids is 1. The van der Waals surface area contributed by atoms with Crippen molar-refractivity contribution >= 4 is 5.91 Å². The Kier molecular flexibility index (Phi) is 4.75. The Labute approximate surface area is 115 Å². The third kappa shape index (κ3) is 3.47. The largest absolute Gasteiger partial charge is 0.415 e. The minimum atomic E-state index is -4.80. The van der Waals surface area contributed by atoms with Gasteiger partial charge in [-0.05, 0) is 32.4 Å². The van der Waals surface area contributed by atoms with Gasteiger partial charge < -0.3 is 10.6 Å². The third-order valence-corrected chi connectivity index (χ3v) is 2.99. The highest BCUT2D eigenvalue weighted by molar-refractivity contribution is 5.87. The predicted octanol–water partition coefficient (Wildman–Crippen LogP) is 2.10. The van der Waals surface area contributed by atoms with Gasteiger partial charge in [0, 0.05) is 25.0 Å². The predicted molar refractivity (Wildman–Crippen MR) is 68.6 cm³/mol. The first-order valence-corrected chi connectivity index (χ1v) is 6.13. The molecule has 4 nitrogen and oxygen atoms in total. The van der Waals surface area contributed by atoms with Gasteiger partial charge in [0.05, 0.1) is 0 Å². The molecule has 0 aliphatic carbocycles. The summed E-state index contributed by atoms with van der Waals surface area (Å²) in [7, 11) is 0. The van der Waals surface area contributed by atoms with Gasteiger partial charge in [0.1, 0.15) is 0 Å². The minimum absolute atomic E-state index is 0.0349.